The van der Waals surface area contributed by atoms with E-state index in [1.807, 2.05) is 20.8 Å². The summed E-state index contributed by atoms with van der Waals surface area (Å²) in [6.07, 6.45) is 4.05. The molecular formula is C26H37F3O3. The Morgan fingerprint density at radius 2 is 1.88 bits per heavy atom. The summed E-state index contributed by atoms with van der Waals surface area (Å²) in [6.45, 7) is 11.2. The fraction of sp³-hybridized carbons (Fsp3) is 0.500. The third kappa shape index (κ3) is 9.96. The Labute approximate surface area is 191 Å². The Morgan fingerprint density at radius 1 is 1.22 bits per heavy atom. The highest BCUT2D eigenvalue weighted by atomic mass is 19.4. The largest absolute Gasteiger partial charge is 0.416 e. The van der Waals surface area contributed by atoms with Crippen molar-refractivity contribution in [3.63, 3.8) is 0 Å². The van der Waals surface area contributed by atoms with Gasteiger partial charge in [-0.2, -0.15) is 13.2 Å². The fourth-order valence-corrected chi connectivity index (χ4v) is 3.26. The van der Waals surface area contributed by atoms with E-state index in [4.69, 9.17) is 9.47 Å². The van der Waals surface area contributed by atoms with E-state index in [2.05, 4.69) is 6.58 Å². The van der Waals surface area contributed by atoms with Crippen molar-refractivity contribution in [2.45, 2.75) is 59.2 Å². The summed E-state index contributed by atoms with van der Waals surface area (Å²) in [6, 6.07) is 5.37. The van der Waals surface area contributed by atoms with Gasteiger partial charge in [-0.15, -0.1) is 0 Å². The maximum atomic E-state index is 13.0. The number of alkyl halides is 3. The van der Waals surface area contributed by atoms with Crippen molar-refractivity contribution in [3.8, 4) is 0 Å². The zero-order chi connectivity index (χ0) is 24.0. The van der Waals surface area contributed by atoms with Crippen molar-refractivity contribution in [1.82, 2.24) is 0 Å². The molecule has 1 saturated heterocycles. The first-order valence-electron chi connectivity index (χ1n) is 11.2. The molecule has 0 spiro atoms. The minimum atomic E-state index is -4.41. The van der Waals surface area contributed by atoms with Gasteiger partial charge in [-0.05, 0) is 49.3 Å². The van der Waals surface area contributed by atoms with E-state index < -0.39 is 11.7 Å². The summed E-state index contributed by atoms with van der Waals surface area (Å²) >= 11 is 0. The molecule has 1 heterocycles. The minimum absolute atomic E-state index is 0. The monoisotopic (exact) mass is 454 g/mol. The highest BCUT2D eigenvalue weighted by Crippen LogP contribution is 2.32. The molecule has 0 N–H and O–H groups in total. The van der Waals surface area contributed by atoms with E-state index in [9.17, 15) is 18.0 Å². The van der Waals surface area contributed by atoms with Gasteiger partial charge in [-0.25, -0.2) is 0 Å². The van der Waals surface area contributed by atoms with Gasteiger partial charge < -0.3 is 9.47 Å². The van der Waals surface area contributed by atoms with E-state index >= 15 is 0 Å². The number of Topliss-reactive ketones (excluding diaryl/α,β-unsaturated/α-hetero) is 1. The third-order valence-electron chi connectivity index (χ3n) is 5.20. The minimum Gasteiger partial charge on any atom is -0.381 e. The summed E-state index contributed by atoms with van der Waals surface area (Å²) in [7, 11) is 0. The molecule has 0 amide bonds. The van der Waals surface area contributed by atoms with Gasteiger partial charge in [0.15, 0.2) is 5.78 Å². The van der Waals surface area contributed by atoms with E-state index in [0.717, 1.165) is 44.1 Å². The second-order valence-corrected chi connectivity index (χ2v) is 7.39. The number of rotatable bonds is 10. The molecule has 0 saturated carbocycles. The maximum Gasteiger partial charge on any atom is 0.416 e. The van der Waals surface area contributed by atoms with Crippen LogP contribution >= 0.6 is 0 Å². The zero-order valence-corrected chi connectivity index (χ0v) is 19.3. The molecule has 32 heavy (non-hydrogen) atoms. The van der Waals surface area contributed by atoms with Crippen molar-refractivity contribution >= 4 is 5.78 Å². The van der Waals surface area contributed by atoms with Crippen LogP contribution in [0.25, 0.3) is 0 Å². The van der Waals surface area contributed by atoms with Gasteiger partial charge in [0.25, 0.3) is 0 Å². The van der Waals surface area contributed by atoms with Gasteiger partial charge in [0.2, 0.25) is 0 Å². The fourth-order valence-electron chi connectivity index (χ4n) is 3.26. The predicted octanol–water partition coefficient (Wildman–Crippen LogP) is 7.33. The quantitative estimate of drug-likeness (QED) is 0.274. The average molecular weight is 455 g/mol. The molecule has 3 nitrogen and oxygen atoms in total. The first-order valence-corrected chi connectivity index (χ1v) is 11.2. The molecule has 1 fully saturated rings. The number of ether oxygens (including phenoxy) is 2. The van der Waals surface area contributed by atoms with Crippen LogP contribution in [0.2, 0.25) is 0 Å². The first kappa shape index (κ1) is 27.9. The molecule has 180 valence electrons. The van der Waals surface area contributed by atoms with E-state index in [1.54, 1.807) is 24.3 Å². The summed E-state index contributed by atoms with van der Waals surface area (Å²) in [5.41, 5.74) is 0.588. The van der Waals surface area contributed by atoms with Gasteiger partial charge in [0, 0.05) is 26.6 Å². The molecule has 0 radical (unpaired) electrons. The Kier molecular flexibility index (Phi) is 12.9. The molecule has 1 aliphatic heterocycles. The van der Waals surface area contributed by atoms with Crippen molar-refractivity contribution < 1.29 is 28.9 Å². The standard InChI is InChI=1S/C24H29F3O3.C2H6.H2/c1-3-19(16-30-17-21-6-4-5-7-22(21)24(25,26)27)9-8-18(2)23(28)11-10-20-12-14-29-15-13-20;1-2;/h3-9,20H,2,10-17H2,1H3;1-2H3;1H/b9-8-,19-3+;;. The number of carbonyl (C=O) groups is 1. The van der Waals surface area contributed by atoms with Crippen molar-refractivity contribution in [2.75, 3.05) is 19.8 Å². The van der Waals surface area contributed by atoms with Crippen molar-refractivity contribution in [1.29, 1.82) is 0 Å². The van der Waals surface area contributed by atoms with Crippen LogP contribution in [0.15, 0.2) is 60.2 Å². The molecule has 0 aliphatic carbocycles. The lowest BCUT2D eigenvalue weighted by atomic mass is 9.92. The number of halogens is 3. The van der Waals surface area contributed by atoms with E-state index in [-0.39, 0.29) is 26.0 Å². The van der Waals surface area contributed by atoms with Crippen LogP contribution in [0, 0.1) is 5.92 Å². The maximum absolute atomic E-state index is 13.0. The Hall–Kier alpha value is -2.18. The average Bonchev–Trinajstić information content (AvgIpc) is 2.81. The highest BCUT2D eigenvalue weighted by molar-refractivity contribution is 5.97. The SMILES string of the molecule is C=C(/C=C\C(=C/C)COCc1ccccc1C(F)(F)F)C(=O)CCC1CCOCC1.CC.[HH]. The lowest BCUT2D eigenvalue weighted by Crippen LogP contribution is -2.16. The van der Waals surface area contributed by atoms with Crippen LogP contribution < -0.4 is 0 Å². The number of benzene rings is 1. The molecule has 0 unspecified atom stereocenters. The predicted molar refractivity (Wildman–Crippen MR) is 124 cm³/mol. The molecule has 1 aliphatic rings. The van der Waals surface area contributed by atoms with Crippen LogP contribution in [0.4, 0.5) is 13.2 Å². The lowest BCUT2D eigenvalue weighted by Gasteiger charge is -2.21. The smallest absolute Gasteiger partial charge is 0.381 e. The Balaban J connectivity index is 0.00000332. The normalized spacial score (nSPS) is 15.4. The molecular weight excluding hydrogens is 417 g/mol. The number of carbonyl (C=O) groups excluding carboxylic acids is 1. The van der Waals surface area contributed by atoms with Crippen LogP contribution in [0.1, 0.15) is 59.0 Å². The Bertz CT molecular complexity index is 779. The Morgan fingerprint density at radius 3 is 2.50 bits per heavy atom. The summed E-state index contributed by atoms with van der Waals surface area (Å²) < 4.78 is 49.9. The number of hydrogen-bond donors (Lipinski definition) is 0. The molecule has 6 heteroatoms. The number of hydrogen-bond acceptors (Lipinski definition) is 3. The van der Waals surface area contributed by atoms with Crippen molar-refractivity contribution in [3.05, 3.63) is 71.3 Å². The molecule has 2 rings (SSSR count). The van der Waals surface area contributed by atoms with Crippen LogP contribution in [0.5, 0.6) is 0 Å². The first-order chi connectivity index (χ1) is 15.3. The second-order valence-electron chi connectivity index (χ2n) is 7.39. The molecule has 0 atom stereocenters. The van der Waals surface area contributed by atoms with E-state index in [1.165, 1.54) is 12.1 Å². The topological polar surface area (TPSA) is 35.5 Å². The zero-order valence-electron chi connectivity index (χ0n) is 19.3. The molecule has 0 aromatic heterocycles. The van der Waals surface area contributed by atoms with Crippen LogP contribution in [-0.2, 0) is 27.1 Å². The highest BCUT2D eigenvalue weighted by Gasteiger charge is 2.32. The number of allylic oxidation sites excluding steroid dienone is 3. The second kappa shape index (κ2) is 14.8. The van der Waals surface area contributed by atoms with Gasteiger partial charge in [0.1, 0.15) is 0 Å². The molecule has 1 aromatic rings. The van der Waals surface area contributed by atoms with Crippen molar-refractivity contribution in [2.24, 2.45) is 5.92 Å². The van der Waals surface area contributed by atoms with Crippen LogP contribution in [0.3, 0.4) is 0 Å². The van der Waals surface area contributed by atoms with Gasteiger partial charge in [0.05, 0.1) is 18.8 Å². The summed E-state index contributed by atoms with van der Waals surface area (Å²) in [5.74, 6) is 0.534. The lowest BCUT2D eigenvalue weighted by molar-refractivity contribution is -0.138. The van der Waals surface area contributed by atoms with Gasteiger partial charge in [-0.3, -0.25) is 4.79 Å². The molecule has 0 bridgehead atoms. The van der Waals surface area contributed by atoms with E-state index in [0.29, 0.717) is 17.9 Å². The van der Waals surface area contributed by atoms with Crippen LogP contribution in [-0.4, -0.2) is 25.6 Å². The van der Waals surface area contributed by atoms with Gasteiger partial charge >= 0.3 is 6.18 Å². The third-order valence-corrected chi connectivity index (χ3v) is 5.20. The summed E-state index contributed by atoms with van der Waals surface area (Å²) in [4.78, 5) is 12.3. The van der Waals surface area contributed by atoms with Gasteiger partial charge in [-0.1, -0.05) is 56.9 Å². The number of ketones is 1. The summed E-state index contributed by atoms with van der Waals surface area (Å²) in [5, 5.41) is 0. The molecule has 1 aromatic carbocycles.